The number of ether oxygens (including phenoxy) is 2. The number of nitro benzene ring substituents is 1. The van der Waals surface area contributed by atoms with E-state index in [4.69, 9.17) is 15.2 Å². The molecule has 0 fully saturated rings. The number of fused-ring (bicyclic) bond motifs is 1. The molecular formula is C33H43N5O8. The monoisotopic (exact) mass is 637 g/mol. The summed E-state index contributed by atoms with van der Waals surface area (Å²) in [6, 6.07) is 9.63. The van der Waals surface area contributed by atoms with Crippen LogP contribution in [0, 0.1) is 15.5 Å². The molecule has 4 N–H and O–H groups in total. The number of nitrogens with two attached hydrogens (primary N) is 1. The van der Waals surface area contributed by atoms with E-state index in [1.807, 2.05) is 27.7 Å². The van der Waals surface area contributed by atoms with E-state index in [9.17, 15) is 29.3 Å². The smallest absolute Gasteiger partial charge is 0.418 e. The van der Waals surface area contributed by atoms with E-state index in [0.29, 0.717) is 34.9 Å². The summed E-state index contributed by atoms with van der Waals surface area (Å²) in [7, 11) is 1.26. The van der Waals surface area contributed by atoms with Gasteiger partial charge in [-0.2, -0.15) is 0 Å². The maximum absolute atomic E-state index is 13.8. The third-order valence-electron chi connectivity index (χ3n) is 7.37. The molecule has 0 aliphatic heterocycles. The second-order valence-corrected chi connectivity index (χ2v) is 12.4. The van der Waals surface area contributed by atoms with Crippen LogP contribution in [0.1, 0.15) is 64.5 Å². The molecule has 1 aromatic heterocycles. The van der Waals surface area contributed by atoms with Crippen LogP contribution in [0.4, 0.5) is 10.5 Å². The summed E-state index contributed by atoms with van der Waals surface area (Å²) in [6.07, 6.45) is 2.94. The van der Waals surface area contributed by atoms with Crippen molar-refractivity contribution < 1.29 is 33.6 Å². The Balaban J connectivity index is 1.87. The molecule has 0 radical (unpaired) electrons. The number of carbonyl (C=O) groups excluding carboxylic acids is 4. The van der Waals surface area contributed by atoms with Crippen molar-refractivity contribution in [2.24, 2.45) is 11.1 Å². The quantitative estimate of drug-likeness (QED) is 0.131. The summed E-state index contributed by atoms with van der Waals surface area (Å²) in [5.41, 5.74) is 7.57. The number of benzene rings is 2. The van der Waals surface area contributed by atoms with E-state index >= 15 is 0 Å². The third kappa shape index (κ3) is 9.86. The van der Waals surface area contributed by atoms with Crippen LogP contribution < -0.4 is 16.4 Å². The molecule has 46 heavy (non-hydrogen) atoms. The van der Waals surface area contributed by atoms with E-state index in [2.05, 4.69) is 10.6 Å². The van der Waals surface area contributed by atoms with E-state index in [1.54, 1.807) is 30.5 Å². The first-order chi connectivity index (χ1) is 21.7. The van der Waals surface area contributed by atoms with Gasteiger partial charge in [0.25, 0.3) is 5.69 Å². The van der Waals surface area contributed by atoms with Crippen molar-refractivity contribution in [1.82, 2.24) is 15.2 Å². The molecule has 3 rings (SSSR count). The SMILES string of the molecule is CCCCC(NC(=O)C(Cc1cn(C(=O)OC)c2ccccc12)NC(=O)C(N)CC(C)(C)C)C(=O)OCc1ccc([N+](=O)[O-])cc1. The molecule has 3 unspecified atom stereocenters. The number of para-hydroxylation sites is 1. The van der Waals surface area contributed by atoms with Crippen molar-refractivity contribution in [3.8, 4) is 0 Å². The minimum absolute atomic E-state index is 0.0113. The van der Waals surface area contributed by atoms with Crippen molar-refractivity contribution in [3.63, 3.8) is 0 Å². The summed E-state index contributed by atoms with van der Waals surface area (Å²) < 4.78 is 11.7. The summed E-state index contributed by atoms with van der Waals surface area (Å²) in [5, 5.41) is 17.2. The van der Waals surface area contributed by atoms with E-state index < -0.39 is 46.9 Å². The predicted octanol–water partition coefficient (Wildman–Crippen LogP) is 4.37. The van der Waals surface area contributed by atoms with Crippen molar-refractivity contribution in [1.29, 1.82) is 0 Å². The summed E-state index contributed by atoms with van der Waals surface area (Å²) in [5.74, 6) is -1.84. The molecule has 0 saturated carbocycles. The second-order valence-electron chi connectivity index (χ2n) is 12.4. The van der Waals surface area contributed by atoms with Gasteiger partial charge in [-0.3, -0.25) is 24.3 Å². The minimum Gasteiger partial charge on any atom is -0.459 e. The Hall–Kier alpha value is -4.78. The zero-order valence-corrected chi connectivity index (χ0v) is 26.9. The van der Waals surface area contributed by atoms with Gasteiger partial charge in [0, 0.05) is 30.1 Å². The molecule has 0 bridgehead atoms. The van der Waals surface area contributed by atoms with Crippen LogP contribution in [-0.2, 0) is 36.9 Å². The Kier molecular flexibility index (Phi) is 12.4. The second kappa shape index (κ2) is 16.0. The lowest BCUT2D eigenvalue weighted by Gasteiger charge is -2.26. The zero-order chi connectivity index (χ0) is 34.0. The molecule has 0 aliphatic rings. The molecule has 0 saturated heterocycles. The fourth-order valence-electron chi connectivity index (χ4n) is 5.02. The molecule has 13 nitrogen and oxygen atoms in total. The maximum atomic E-state index is 13.8. The van der Waals surface area contributed by atoms with Crippen molar-refractivity contribution >= 4 is 40.5 Å². The first kappa shape index (κ1) is 35.7. The predicted molar refractivity (Wildman–Crippen MR) is 172 cm³/mol. The largest absolute Gasteiger partial charge is 0.459 e. The molecule has 1 heterocycles. The fraction of sp³-hybridized carbons (Fsp3) is 0.455. The molecule has 13 heteroatoms. The average Bonchev–Trinajstić information content (AvgIpc) is 3.38. The number of nitrogens with one attached hydrogen (secondary N) is 2. The normalized spacial score (nSPS) is 13.3. The molecule has 248 valence electrons. The van der Waals surface area contributed by atoms with Crippen LogP contribution in [-0.4, -0.2) is 58.6 Å². The number of hydrogen-bond donors (Lipinski definition) is 3. The van der Waals surface area contributed by atoms with Gasteiger partial charge in [-0.15, -0.1) is 0 Å². The molecule has 2 aromatic carbocycles. The fourth-order valence-corrected chi connectivity index (χ4v) is 5.02. The minimum atomic E-state index is -1.15. The number of amides is 2. The molecular weight excluding hydrogens is 594 g/mol. The van der Waals surface area contributed by atoms with Crippen LogP contribution in [0.3, 0.4) is 0 Å². The number of hydrogen-bond acceptors (Lipinski definition) is 9. The van der Waals surface area contributed by atoms with Crippen LogP contribution in [0.2, 0.25) is 0 Å². The van der Waals surface area contributed by atoms with Gasteiger partial charge in [-0.25, -0.2) is 9.59 Å². The number of rotatable bonds is 14. The van der Waals surface area contributed by atoms with Crippen LogP contribution in [0.25, 0.3) is 10.9 Å². The van der Waals surface area contributed by atoms with E-state index in [0.717, 1.165) is 6.42 Å². The van der Waals surface area contributed by atoms with Gasteiger partial charge in [-0.05, 0) is 47.6 Å². The van der Waals surface area contributed by atoms with E-state index in [1.165, 1.54) is 35.9 Å². The van der Waals surface area contributed by atoms with Crippen molar-refractivity contribution in [3.05, 3.63) is 76.0 Å². The number of nitro groups is 1. The summed E-state index contributed by atoms with van der Waals surface area (Å²) in [4.78, 5) is 63.2. The highest BCUT2D eigenvalue weighted by Crippen LogP contribution is 2.24. The Bertz CT molecular complexity index is 1540. The van der Waals surface area contributed by atoms with Crippen LogP contribution >= 0.6 is 0 Å². The lowest BCUT2D eigenvalue weighted by molar-refractivity contribution is -0.384. The van der Waals surface area contributed by atoms with Gasteiger partial charge in [0.05, 0.1) is 23.6 Å². The molecule has 0 aliphatic carbocycles. The van der Waals surface area contributed by atoms with Gasteiger partial charge in [0.1, 0.15) is 18.7 Å². The number of esters is 1. The Labute approximate surface area is 267 Å². The average molecular weight is 638 g/mol. The number of non-ortho nitro benzene ring substituents is 1. The third-order valence-corrected chi connectivity index (χ3v) is 7.37. The Morgan fingerprint density at radius 3 is 2.26 bits per heavy atom. The van der Waals surface area contributed by atoms with E-state index in [-0.39, 0.29) is 30.6 Å². The highest BCUT2D eigenvalue weighted by Gasteiger charge is 2.31. The summed E-state index contributed by atoms with van der Waals surface area (Å²) >= 11 is 0. The van der Waals surface area contributed by atoms with Gasteiger partial charge in [0.2, 0.25) is 11.8 Å². The van der Waals surface area contributed by atoms with Crippen LogP contribution in [0.15, 0.2) is 54.7 Å². The number of aromatic nitrogens is 1. The Morgan fingerprint density at radius 2 is 1.65 bits per heavy atom. The van der Waals surface area contributed by atoms with Gasteiger partial charge in [0.15, 0.2) is 0 Å². The lowest BCUT2D eigenvalue weighted by Crippen LogP contribution is -2.55. The molecule has 3 atom stereocenters. The number of methoxy groups -OCH3 is 1. The number of unbranched alkanes of at least 4 members (excludes halogenated alkanes) is 1. The van der Waals surface area contributed by atoms with Crippen molar-refractivity contribution in [2.75, 3.05) is 7.11 Å². The van der Waals surface area contributed by atoms with Gasteiger partial charge in [-0.1, -0.05) is 58.7 Å². The Morgan fingerprint density at radius 1 is 1.00 bits per heavy atom. The van der Waals surface area contributed by atoms with Crippen LogP contribution in [0.5, 0.6) is 0 Å². The maximum Gasteiger partial charge on any atom is 0.418 e. The lowest BCUT2D eigenvalue weighted by atomic mass is 9.88. The van der Waals surface area contributed by atoms with Gasteiger partial charge >= 0.3 is 12.1 Å². The zero-order valence-electron chi connectivity index (χ0n) is 26.9. The van der Waals surface area contributed by atoms with Gasteiger partial charge < -0.3 is 25.8 Å². The van der Waals surface area contributed by atoms with Crippen molar-refractivity contribution in [2.45, 2.75) is 84.5 Å². The number of nitrogens with zero attached hydrogens (tertiary/aromatic N) is 2. The standard InChI is InChI=1S/C33H43N5O8/c1-6-7-11-26(31(41)46-20-21-13-15-23(16-14-21)38(43)44)35-30(40)27(36-29(39)25(34)18-33(2,3)4)17-22-19-37(32(42)45-5)28-12-9-8-10-24(22)28/h8-10,12-16,19,25-27H,6-7,11,17-18,20,34H2,1-5H3,(H,35,40)(H,36,39). The highest BCUT2D eigenvalue weighted by atomic mass is 16.6. The molecule has 2 amide bonds. The topological polar surface area (TPSA) is 185 Å². The first-order valence-corrected chi connectivity index (χ1v) is 15.2. The number of carbonyl (C=O) groups is 4. The first-order valence-electron chi connectivity index (χ1n) is 15.2. The molecule has 3 aromatic rings. The molecule has 0 spiro atoms. The summed E-state index contributed by atoms with van der Waals surface area (Å²) in [6.45, 7) is 7.65. The highest BCUT2D eigenvalue weighted by molar-refractivity contribution is 5.95.